The van der Waals surface area contributed by atoms with Crippen LogP contribution in [0.5, 0.6) is 5.75 Å². The molecule has 152 valence electrons. The zero-order valence-electron chi connectivity index (χ0n) is 16.8. The topological polar surface area (TPSA) is 84.1 Å². The number of H-pyrrole nitrogens is 1. The number of methoxy groups -OCH3 is 1. The van der Waals surface area contributed by atoms with E-state index in [-0.39, 0.29) is 11.8 Å². The van der Waals surface area contributed by atoms with E-state index >= 15 is 0 Å². The average Bonchev–Trinajstić information content (AvgIpc) is 3.34. The highest BCUT2D eigenvalue weighted by atomic mass is 16.5. The molecule has 0 radical (unpaired) electrons. The van der Waals surface area contributed by atoms with Gasteiger partial charge >= 0.3 is 0 Å². The summed E-state index contributed by atoms with van der Waals surface area (Å²) in [7, 11) is 1.64. The van der Waals surface area contributed by atoms with Crippen molar-refractivity contribution in [2.45, 2.75) is 17.8 Å². The number of anilines is 1. The number of amides is 1. The Morgan fingerprint density at radius 2 is 1.94 bits per heavy atom. The van der Waals surface area contributed by atoms with Gasteiger partial charge in [-0.15, -0.1) is 0 Å². The lowest BCUT2D eigenvalue weighted by atomic mass is 9.91. The summed E-state index contributed by atoms with van der Waals surface area (Å²) < 4.78 is 5.38. The molecule has 31 heavy (non-hydrogen) atoms. The molecular weight excluding hydrogens is 390 g/mol. The van der Waals surface area contributed by atoms with Gasteiger partial charge in [-0.05, 0) is 41.8 Å². The van der Waals surface area contributed by atoms with Gasteiger partial charge in [0.1, 0.15) is 12.0 Å². The summed E-state index contributed by atoms with van der Waals surface area (Å²) in [5.74, 6) is 0.930. The summed E-state index contributed by atoms with van der Waals surface area (Å²) >= 11 is 0. The lowest BCUT2D eigenvalue weighted by Gasteiger charge is -2.10. The third kappa shape index (κ3) is 2.48. The number of aromatic amines is 1. The average molecular weight is 409 g/mol. The molecule has 1 aliphatic carbocycles. The van der Waals surface area contributed by atoms with Crippen molar-refractivity contribution in [1.29, 1.82) is 0 Å². The largest absolute Gasteiger partial charge is 0.497 e. The van der Waals surface area contributed by atoms with Crippen LogP contribution in [-0.4, -0.2) is 29.5 Å². The molecule has 0 bridgehead atoms. The van der Waals surface area contributed by atoms with Gasteiger partial charge in [0.15, 0.2) is 0 Å². The summed E-state index contributed by atoms with van der Waals surface area (Å²) in [5.41, 5.74) is 5.84. The van der Waals surface area contributed by atoms with E-state index in [2.05, 4.69) is 33.7 Å². The highest BCUT2D eigenvalue weighted by molar-refractivity contribution is 6.10. The number of fused-ring (bicyclic) bond motifs is 3. The van der Waals surface area contributed by atoms with Gasteiger partial charge in [-0.1, -0.05) is 36.4 Å². The predicted octanol–water partition coefficient (Wildman–Crippen LogP) is 4.43. The summed E-state index contributed by atoms with van der Waals surface area (Å²) in [4.78, 5) is 23.8. The van der Waals surface area contributed by atoms with E-state index in [9.17, 15) is 9.59 Å². The van der Waals surface area contributed by atoms with Gasteiger partial charge in [0.25, 0.3) is 0 Å². The van der Waals surface area contributed by atoms with Crippen molar-refractivity contribution in [3.05, 3.63) is 77.4 Å². The fourth-order valence-corrected chi connectivity index (χ4v) is 4.89. The van der Waals surface area contributed by atoms with Crippen molar-refractivity contribution >= 4 is 28.8 Å². The van der Waals surface area contributed by atoms with E-state index in [1.54, 1.807) is 19.2 Å². The van der Waals surface area contributed by atoms with Crippen molar-refractivity contribution < 1.29 is 14.3 Å². The number of carbonyl (C=O) groups is 2. The van der Waals surface area contributed by atoms with Crippen molar-refractivity contribution in [3.63, 3.8) is 0 Å². The normalized spacial score (nSPS) is 21.2. The Labute approximate surface area is 178 Å². The molecule has 6 heteroatoms. The highest BCUT2D eigenvalue weighted by Crippen LogP contribution is 2.65. The molecule has 2 N–H and O–H groups in total. The van der Waals surface area contributed by atoms with Crippen molar-refractivity contribution in [3.8, 4) is 17.0 Å². The lowest BCUT2D eigenvalue weighted by molar-refractivity contribution is -0.118. The molecule has 1 unspecified atom stereocenters. The highest BCUT2D eigenvalue weighted by Gasteiger charge is 2.65. The first-order valence-corrected chi connectivity index (χ1v) is 10.2. The number of aldehydes is 1. The molecule has 1 saturated carbocycles. The molecule has 1 amide bonds. The Hall–Kier alpha value is -3.93. The van der Waals surface area contributed by atoms with E-state index in [1.807, 2.05) is 30.3 Å². The van der Waals surface area contributed by atoms with Gasteiger partial charge in [0, 0.05) is 28.1 Å². The Bertz CT molecular complexity index is 1370. The maximum atomic E-state index is 12.9. The number of hydrogen-bond donors (Lipinski definition) is 2. The molecule has 1 fully saturated rings. The number of benzene rings is 3. The molecule has 6 nitrogen and oxygen atoms in total. The van der Waals surface area contributed by atoms with E-state index in [0.29, 0.717) is 5.56 Å². The maximum absolute atomic E-state index is 12.9. The standard InChI is InChI=1S/C25H19N3O3/c1-31-17-7-9-21-19(11-17)25(24(30)26-21)12-20(25)16-6-8-18-22(10-16)27-28-23(18)15-4-2-14(13-29)3-5-15/h2-11,13,20H,12H2,1H3,(H,26,30)(H,27,28)/t20?,25-/m0/s1. The SMILES string of the molecule is COc1ccc2c(c1)[C@]1(CC1c1ccc3c(-c4ccc(C=O)cc4)n[nH]c3c1)C(=O)N2. The van der Waals surface area contributed by atoms with Crippen LogP contribution < -0.4 is 10.1 Å². The van der Waals surface area contributed by atoms with Gasteiger partial charge in [0.2, 0.25) is 5.91 Å². The second kappa shape index (κ2) is 6.28. The van der Waals surface area contributed by atoms with Crippen LogP contribution in [0.25, 0.3) is 22.2 Å². The monoisotopic (exact) mass is 409 g/mol. The van der Waals surface area contributed by atoms with Gasteiger partial charge in [0.05, 0.1) is 23.7 Å². The fourth-order valence-electron chi connectivity index (χ4n) is 4.89. The number of ether oxygens (including phenoxy) is 1. The Kier molecular flexibility index (Phi) is 3.63. The molecule has 2 atom stereocenters. The number of nitrogens with one attached hydrogen (secondary N) is 2. The molecule has 3 aromatic carbocycles. The first-order chi connectivity index (χ1) is 15.1. The zero-order chi connectivity index (χ0) is 21.2. The molecule has 1 aliphatic heterocycles. The van der Waals surface area contributed by atoms with Crippen LogP contribution in [-0.2, 0) is 10.2 Å². The van der Waals surface area contributed by atoms with Crippen LogP contribution in [0.15, 0.2) is 60.7 Å². The van der Waals surface area contributed by atoms with E-state index in [0.717, 1.165) is 57.4 Å². The minimum Gasteiger partial charge on any atom is -0.497 e. The van der Waals surface area contributed by atoms with Gasteiger partial charge in [-0.25, -0.2) is 0 Å². The lowest BCUT2D eigenvalue weighted by Crippen LogP contribution is -2.21. The summed E-state index contributed by atoms with van der Waals surface area (Å²) in [5, 5.41) is 11.7. The molecule has 4 aromatic rings. The number of rotatable bonds is 4. The molecule has 0 saturated heterocycles. The van der Waals surface area contributed by atoms with Crippen LogP contribution >= 0.6 is 0 Å². The predicted molar refractivity (Wildman–Crippen MR) is 118 cm³/mol. The number of carbonyl (C=O) groups excluding carboxylic acids is 2. The molecule has 2 heterocycles. The molecule has 6 rings (SSSR count). The van der Waals surface area contributed by atoms with Crippen LogP contribution in [0.4, 0.5) is 5.69 Å². The van der Waals surface area contributed by atoms with Crippen LogP contribution in [0, 0.1) is 0 Å². The minimum absolute atomic E-state index is 0.0569. The Balaban J connectivity index is 1.37. The van der Waals surface area contributed by atoms with Crippen LogP contribution in [0.1, 0.15) is 33.8 Å². The van der Waals surface area contributed by atoms with Crippen molar-refractivity contribution in [2.75, 3.05) is 12.4 Å². The molecule has 2 aliphatic rings. The van der Waals surface area contributed by atoms with Gasteiger partial charge < -0.3 is 10.1 Å². The van der Waals surface area contributed by atoms with E-state index in [4.69, 9.17) is 4.74 Å². The second-order valence-corrected chi connectivity index (χ2v) is 8.21. The zero-order valence-corrected chi connectivity index (χ0v) is 16.8. The molecule has 1 spiro atoms. The smallest absolute Gasteiger partial charge is 0.235 e. The Morgan fingerprint density at radius 1 is 1.10 bits per heavy atom. The molecule has 1 aromatic heterocycles. The van der Waals surface area contributed by atoms with Gasteiger partial charge in [-0.2, -0.15) is 5.10 Å². The van der Waals surface area contributed by atoms with Crippen LogP contribution in [0.3, 0.4) is 0 Å². The van der Waals surface area contributed by atoms with E-state index < -0.39 is 5.41 Å². The third-order valence-corrected chi connectivity index (χ3v) is 6.63. The number of nitrogens with zero attached hydrogens (tertiary/aromatic N) is 1. The quantitative estimate of drug-likeness (QED) is 0.489. The summed E-state index contributed by atoms with van der Waals surface area (Å²) in [6.07, 6.45) is 1.61. The Morgan fingerprint density at radius 3 is 2.71 bits per heavy atom. The summed E-state index contributed by atoms with van der Waals surface area (Å²) in [6, 6.07) is 19.4. The van der Waals surface area contributed by atoms with E-state index in [1.165, 1.54) is 0 Å². The van der Waals surface area contributed by atoms with Crippen molar-refractivity contribution in [1.82, 2.24) is 10.2 Å². The maximum Gasteiger partial charge on any atom is 0.235 e. The van der Waals surface area contributed by atoms with Gasteiger partial charge in [-0.3, -0.25) is 14.7 Å². The first-order valence-electron chi connectivity index (χ1n) is 10.2. The third-order valence-electron chi connectivity index (χ3n) is 6.63. The minimum atomic E-state index is -0.523. The summed E-state index contributed by atoms with van der Waals surface area (Å²) in [6.45, 7) is 0. The number of hydrogen-bond acceptors (Lipinski definition) is 4. The van der Waals surface area contributed by atoms with Crippen molar-refractivity contribution in [2.24, 2.45) is 0 Å². The number of aromatic nitrogens is 2. The second-order valence-electron chi connectivity index (χ2n) is 8.21. The first kappa shape index (κ1) is 17.9. The molecular formula is C25H19N3O3. The fraction of sp³-hybridized carbons (Fsp3) is 0.160. The van der Waals surface area contributed by atoms with Crippen LogP contribution in [0.2, 0.25) is 0 Å².